The monoisotopic (exact) mass is 292 g/mol. The van der Waals surface area contributed by atoms with Gasteiger partial charge in [-0.3, -0.25) is 0 Å². The zero-order valence-corrected chi connectivity index (χ0v) is 11.2. The van der Waals surface area contributed by atoms with Crippen LogP contribution in [0.5, 0.6) is 5.88 Å². The summed E-state index contributed by atoms with van der Waals surface area (Å²) in [5.74, 6) is 0.437. The molecule has 1 N–H and O–H groups in total. The molecule has 0 saturated carbocycles. The summed E-state index contributed by atoms with van der Waals surface area (Å²) in [5.41, 5.74) is 0.624. The number of aromatic nitrogens is 1. The predicted molar refractivity (Wildman–Crippen MR) is 65.4 cm³/mol. The minimum atomic E-state index is -1.13. The van der Waals surface area contributed by atoms with Gasteiger partial charge >= 0.3 is 0 Å². The molecule has 4 nitrogen and oxygen atoms in total. The molecule has 1 heterocycles. The molecule has 0 saturated heterocycles. The van der Waals surface area contributed by atoms with E-state index in [9.17, 15) is 4.21 Å². The Morgan fingerprint density at radius 3 is 2.80 bits per heavy atom. The van der Waals surface area contributed by atoms with Crippen LogP contribution in [0.25, 0.3) is 0 Å². The molecule has 1 rings (SSSR count). The molecule has 84 valence electrons. The van der Waals surface area contributed by atoms with Crippen molar-refractivity contribution >= 4 is 32.6 Å². The van der Waals surface area contributed by atoms with Crippen molar-refractivity contribution in [1.82, 2.24) is 4.98 Å². The van der Waals surface area contributed by atoms with E-state index in [4.69, 9.17) is 4.74 Å². The molecular weight excluding hydrogens is 280 g/mol. The SMILES string of the molecule is COc1ncc(Br)cc1NS(=O)C(C)C. The van der Waals surface area contributed by atoms with E-state index in [2.05, 4.69) is 25.6 Å². The molecule has 0 aliphatic rings. The summed E-state index contributed by atoms with van der Waals surface area (Å²) >= 11 is 3.30. The van der Waals surface area contributed by atoms with Crippen molar-refractivity contribution in [2.45, 2.75) is 19.1 Å². The molecule has 0 radical (unpaired) electrons. The molecule has 1 aromatic heterocycles. The number of methoxy groups -OCH3 is 1. The van der Waals surface area contributed by atoms with E-state index in [1.54, 1.807) is 12.3 Å². The van der Waals surface area contributed by atoms with Gasteiger partial charge in [-0.2, -0.15) is 0 Å². The summed E-state index contributed by atoms with van der Waals surface area (Å²) in [4.78, 5) is 4.04. The summed E-state index contributed by atoms with van der Waals surface area (Å²) in [7, 11) is 0.394. The Labute approximate surface area is 100 Å². The first-order chi connectivity index (χ1) is 7.04. The predicted octanol–water partition coefficient (Wildman–Crippen LogP) is 2.34. The van der Waals surface area contributed by atoms with Crippen LogP contribution in [0.2, 0.25) is 0 Å². The highest BCUT2D eigenvalue weighted by Gasteiger charge is 2.10. The number of nitrogens with zero attached hydrogens (tertiary/aromatic N) is 1. The lowest BCUT2D eigenvalue weighted by molar-refractivity contribution is 0.400. The van der Waals surface area contributed by atoms with Crippen LogP contribution in [-0.4, -0.2) is 21.6 Å². The van der Waals surface area contributed by atoms with Crippen LogP contribution < -0.4 is 9.46 Å². The minimum Gasteiger partial charge on any atom is -0.480 e. The Hall–Kier alpha value is -0.620. The number of pyridine rings is 1. The number of anilines is 1. The number of halogens is 1. The first-order valence-electron chi connectivity index (χ1n) is 4.41. The van der Waals surface area contributed by atoms with E-state index in [0.29, 0.717) is 11.6 Å². The molecule has 1 unspecified atom stereocenters. The standard InChI is InChI=1S/C9H13BrN2O2S/c1-6(2)15(13)12-8-4-7(10)5-11-9(8)14-3/h4-6,12H,1-3H3. The molecule has 0 aliphatic carbocycles. The minimum absolute atomic E-state index is 0.0358. The van der Waals surface area contributed by atoms with Crippen molar-refractivity contribution in [3.63, 3.8) is 0 Å². The fourth-order valence-corrected chi connectivity index (χ4v) is 1.82. The maximum Gasteiger partial charge on any atom is 0.238 e. The van der Waals surface area contributed by atoms with Gasteiger partial charge in [-0.15, -0.1) is 0 Å². The van der Waals surface area contributed by atoms with Crippen LogP contribution in [0.1, 0.15) is 13.8 Å². The highest BCUT2D eigenvalue weighted by atomic mass is 79.9. The van der Waals surface area contributed by atoms with Crippen LogP contribution in [0.15, 0.2) is 16.7 Å². The Bertz CT molecular complexity index is 371. The van der Waals surface area contributed by atoms with Crippen LogP contribution in [0.3, 0.4) is 0 Å². The highest BCUT2D eigenvalue weighted by Crippen LogP contribution is 2.25. The summed E-state index contributed by atoms with van der Waals surface area (Å²) < 4.78 is 20.3. The maximum atomic E-state index is 11.6. The second-order valence-electron chi connectivity index (χ2n) is 3.16. The van der Waals surface area contributed by atoms with Crippen LogP contribution in [-0.2, 0) is 11.0 Å². The van der Waals surface area contributed by atoms with E-state index in [-0.39, 0.29) is 5.25 Å². The van der Waals surface area contributed by atoms with E-state index in [1.807, 2.05) is 13.8 Å². The third kappa shape index (κ3) is 3.46. The number of ether oxygens (including phenoxy) is 1. The summed E-state index contributed by atoms with van der Waals surface area (Å²) in [5, 5.41) is 0.0358. The van der Waals surface area contributed by atoms with Gasteiger partial charge in [0.25, 0.3) is 0 Å². The van der Waals surface area contributed by atoms with Crippen molar-refractivity contribution in [3.8, 4) is 5.88 Å². The van der Waals surface area contributed by atoms with Crippen molar-refractivity contribution in [3.05, 3.63) is 16.7 Å². The van der Waals surface area contributed by atoms with Gasteiger partial charge in [-0.05, 0) is 35.8 Å². The second-order valence-corrected chi connectivity index (χ2v) is 5.82. The summed E-state index contributed by atoms with van der Waals surface area (Å²) in [6, 6.07) is 1.78. The molecule has 0 spiro atoms. The summed E-state index contributed by atoms with van der Waals surface area (Å²) in [6.45, 7) is 3.75. The zero-order chi connectivity index (χ0) is 11.4. The Balaban J connectivity index is 2.92. The third-order valence-electron chi connectivity index (χ3n) is 1.65. The number of nitrogens with one attached hydrogen (secondary N) is 1. The topological polar surface area (TPSA) is 51.2 Å². The Kier molecular flexibility index (Phi) is 4.53. The van der Waals surface area contributed by atoms with Crippen LogP contribution >= 0.6 is 15.9 Å². The van der Waals surface area contributed by atoms with Gasteiger partial charge in [-0.1, -0.05) is 0 Å². The lowest BCUT2D eigenvalue weighted by Gasteiger charge is -2.11. The lowest BCUT2D eigenvalue weighted by atomic mass is 10.4. The Morgan fingerprint density at radius 1 is 1.60 bits per heavy atom. The second kappa shape index (κ2) is 5.46. The largest absolute Gasteiger partial charge is 0.480 e. The number of rotatable bonds is 4. The molecule has 0 fully saturated rings. The molecule has 1 atom stereocenters. The van der Waals surface area contributed by atoms with Gasteiger partial charge in [0.2, 0.25) is 5.88 Å². The average molecular weight is 293 g/mol. The molecule has 15 heavy (non-hydrogen) atoms. The molecule has 1 aromatic rings. The molecule has 6 heteroatoms. The lowest BCUT2D eigenvalue weighted by Crippen LogP contribution is -2.15. The van der Waals surface area contributed by atoms with Gasteiger partial charge < -0.3 is 9.46 Å². The molecule has 0 aromatic carbocycles. The average Bonchev–Trinajstić information content (AvgIpc) is 2.18. The maximum absolute atomic E-state index is 11.6. The van der Waals surface area contributed by atoms with E-state index >= 15 is 0 Å². The quantitative estimate of drug-likeness (QED) is 0.927. The van der Waals surface area contributed by atoms with Gasteiger partial charge in [0, 0.05) is 15.9 Å². The van der Waals surface area contributed by atoms with Crippen molar-refractivity contribution in [2.75, 3.05) is 11.8 Å². The summed E-state index contributed by atoms with van der Waals surface area (Å²) in [6.07, 6.45) is 1.63. The van der Waals surface area contributed by atoms with E-state index in [1.165, 1.54) is 7.11 Å². The van der Waals surface area contributed by atoms with Gasteiger partial charge in [0.15, 0.2) is 0 Å². The smallest absolute Gasteiger partial charge is 0.238 e. The fraction of sp³-hybridized carbons (Fsp3) is 0.444. The van der Waals surface area contributed by atoms with E-state index < -0.39 is 11.0 Å². The van der Waals surface area contributed by atoms with Crippen molar-refractivity contribution in [1.29, 1.82) is 0 Å². The Morgan fingerprint density at radius 2 is 2.27 bits per heavy atom. The molecular formula is C9H13BrN2O2S. The third-order valence-corrected chi connectivity index (χ3v) is 3.36. The normalized spacial score (nSPS) is 12.6. The zero-order valence-electron chi connectivity index (χ0n) is 8.78. The number of hydrogen-bond acceptors (Lipinski definition) is 3. The first-order valence-corrected chi connectivity index (χ1v) is 6.42. The highest BCUT2D eigenvalue weighted by molar-refractivity contribution is 9.10. The van der Waals surface area contributed by atoms with Crippen LogP contribution in [0.4, 0.5) is 5.69 Å². The number of hydrogen-bond donors (Lipinski definition) is 1. The van der Waals surface area contributed by atoms with Crippen molar-refractivity contribution < 1.29 is 8.95 Å². The van der Waals surface area contributed by atoms with Crippen LogP contribution in [0, 0.1) is 0 Å². The molecule has 0 bridgehead atoms. The van der Waals surface area contributed by atoms with Gasteiger partial charge in [0.1, 0.15) is 16.7 Å². The molecule has 0 amide bonds. The first kappa shape index (κ1) is 12.4. The van der Waals surface area contributed by atoms with Gasteiger partial charge in [-0.25, -0.2) is 9.19 Å². The van der Waals surface area contributed by atoms with Crippen molar-refractivity contribution in [2.24, 2.45) is 0 Å². The molecule has 0 aliphatic heterocycles. The fourth-order valence-electron chi connectivity index (χ4n) is 0.889. The van der Waals surface area contributed by atoms with E-state index in [0.717, 1.165) is 4.47 Å². The van der Waals surface area contributed by atoms with Gasteiger partial charge in [0.05, 0.1) is 7.11 Å².